The molecule has 0 spiro atoms. The molecular formula is C10H12N4O2S. The second kappa shape index (κ2) is 4.08. The van der Waals surface area contributed by atoms with Crippen molar-refractivity contribution in [2.24, 2.45) is 0 Å². The van der Waals surface area contributed by atoms with Gasteiger partial charge in [0, 0.05) is 5.92 Å². The Bertz CT molecular complexity index is 524. The summed E-state index contributed by atoms with van der Waals surface area (Å²) in [6, 6.07) is 0. The fraction of sp³-hybridized carbons (Fsp3) is 0.500. The minimum absolute atomic E-state index is 0.0561. The molecule has 0 atom stereocenters. The third kappa shape index (κ3) is 1.91. The van der Waals surface area contributed by atoms with Gasteiger partial charge < -0.3 is 10.4 Å². The fourth-order valence-electron chi connectivity index (χ4n) is 2.05. The number of imidazole rings is 1. The van der Waals surface area contributed by atoms with Crippen LogP contribution in [0, 0.1) is 0 Å². The average Bonchev–Trinajstić information content (AvgIpc) is 2.87. The van der Waals surface area contributed by atoms with E-state index in [4.69, 9.17) is 5.11 Å². The van der Waals surface area contributed by atoms with E-state index < -0.39 is 5.97 Å². The predicted octanol–water partition coefficient (Wildman–Crippen LogP) is 0.956. The molecule has 6 nitrogen and oxygen atoms in total. The first-order chi connectivity index (χ1) is 8.24. The van der Waals surface area contributed by atoms with Crippen LogP contribution in [0.1, 0.15) is 34.3 Å². The number of nitrogens with one attached hydrogen (secondary N) is 1. The van der Waals surface area contributed by atoms with Crippen molar-refractivity contribution in [2.75, 3.05) is 13.1 Å². The lowest BCUT2D eigenvalue weighted by Crippen LogP contribution is -2.26. The van der Waals surface area contributed by atoms with Crippen LogP contribution in [0.3, 0.4) is 0 Å². The molecule has 0 amide bonds. The average molecular weight is 252 g/mol. The van der Waals surface area contributed by atoms with Gasteiger partial charge in [0.05, 0.1) is 6.20 Å². The van der Waals surface area contributed by atoms with Gasteiger partial charge in [-0.05, 0) is 25.9 Å². The lowest BCUT2D eigenvalue weighted by atomic mass is 9.99. The third-order valence-corrected chi connectivity index (χ3v) is 4.05. The molecule has 0 radical (unpaired) electrons. The lowest BCUT2D eigenvalue weighted by molar-refractivity contribution is 0.0691. The van der Waals surface area contributed by atoms with Crippen molar-refractivity contribution in [2.45, 2.75) is 18.8 Å². The van der Waals surface area contributed by atoms with Gasteiger partial charge in [0.2, 0.25) is 4.96 Å². The Hall–Kier alpha value is -1.47. The number of fused-ring (bicyclic) bond motifs is 1. The van der Waals surface area contributed by atoms with Gasteiger partial charge in [-0.1, -0.05) is 11.3 Å². The number of nitrogens with zero attached hydrogens (tertiary/aromatic N) is 3. The lowest BCUT2D eigenvalue weighted by Gasteiger charge is -2.19. The molecule has 3 heterocycles. The number of carbonyl (C=O) groups is 1. The highest BCUT2D eigenvalue weighted by Crippen LogP contribution is 2.28. The Kier molecular flexibility index (Phi) is 2.56. The summed E-state index contributed by atoms with van der Waals surface area (Å²) in [5.74, 6) is -0.526. The van der Waals surface area contributed by atoms with Crippen LogP contribution in [0.25, 0.3) is 4.96 Å². The number of hydrogen-bond donors (Lipinski definition) is 2. The molecule has 17 heavy (non-hydrogen) atoms. The SMILES string of the molecule is O=C(O)c1cn2nc(C3CCNCC3)sc2n1. The second-order valence-electron chi connectivity index (χ2n) is 4.12. The van der Waals surface area contributed by atoms with Crippen molar-refractivity contribution in [3.8, 4) is 0 Å². The number of carboxylic acid groups (broad SMARTS) is 1. The van der Waals surface area contributed by atoms with Gasteiger partial charge in [-0.15, -0.1) is 0 Å². The smallest absolute Gasteiger partial charge is 0.356 e. The molecule has 0 unspecified atom stereocenters. The summed E-state index contributed by atoms with van der Waals surface area (Å²) in [6.07, 6.45) is 3.64. The van der Waals surface area contributed by atoms with Crippen LogP contribution in [-0.2, 0) is 0 Å². The maximum atomic E-state index is 10.7. The first kappa shape index (κ1) is 10.7. The van der Waals surface area contributed by atoms with Crippen LogP contribution in [0.15, 0.2) is 6.20 Å². The number of aromatic carboxylic acids is 1. The summed E-state index contributed by atoms with van der Waals surface area (Å²) in [5, 5.41) is 17.6. The largest absolute Gasteiger partial charge is 0.476 e. The Labute approximate surface area is 101 Å². The summed E-state index contributed by atoms with van der Waals surface area (Å²) in [4.78, 5) is 15.4. The van der Waals surface area contributed by atoms with Crippen LogP contribution >= 0.6 is 11.3 Å². The van der Waals surface area contributed by atoms with Crippen molar-refractivity contribution in [1.29, 1.82) is 0 Å². The van der Waals surface area contributed by atoms with Gasteiger partial charge in [0.25, 0.3) is 0 Å². The van der Waals surface area contributed by atoms with Gasteiger partial charge in [-0.2, -0.15) is 5.10 Å². The van der Waals surface area contributed by atoms with Crippen LogP contribution in [-0.4, -0.2) is 38.8 Å². The predicted molar refractivity (Wildman–Crippen MR) is 62.7 cm³/mol. The highest BCUT2D eigenvalue weighted by atomic mass is 32.1. The molecule has 2 N–H and O–H groups in total. The zero-order valence-electron chi connectivity index (χ0n) is 9.09. The van der Waals surface area contributed by atoms with Crippen LogP contribution in [0.2, 0.25) is 0 Å². The maximum absolute atomic E-state index is 10.7. The molecule has 2 aromatic rings. The Balaban J connectivity index is 1.91. The van der Waals surface area contributed by atoms with Gasteiger partial charge >= 0.3 is 5.97 Å². The summed E-state index contributed by atoms with van der Waals surface area (Å²) in [6.45, 7) is 2.04. The topological polar surface area (TPSA) is 79.5 Å². The number of carboxylic acids is 1. The van der Waals surface area contributed by atoms with Crippen molar-refractivity contribution < 1.29 is 9.90 Å². The van der Waals surface area contributed by atoms with E-state index >= 15 is 0 Å². The third-order valence-electron chi connectivity index (χ3n) is 2.97. The van der Waals surface area contributed by atoms with Crippen LogP contribution in [0.4, 0.5) is 0 Å². The van der Waals surface area contributed by atoms with Crippen molar-refractivity contribution in [3.63, 3.8) is 0 Å². The Morgan fingerprint density at radius 3 is 2.94 bits per heavy atom. The number of rotatable bonds is 2. The van der Waals surface area contributed by atoms with E-state index in [1.807, 2.05) is 0 Å². The molecule has 0 aromatic carbocycles. The molecule has 1 aliphatic rings. The summed E-state index contributed by atoms with van der Waals surface area (Å²) < 4.78 is 1.57. The quantitative estimate of drug-likeness (QED) is 0.832. The maximum Gasteiger partial charge on any atom is 0.356 e. The van der Waals surface area contributed by atoms with E-state index in [0.717, 1.165) is 30.9 Å². The van der Waals surface area contributed by atoms with E-state index in [1.54, 1.807) is 4.52 Å². The zero-order valence-corrected chi connectivity index (χ0v) is 9.90. The standard InChI is InChI=1S/C10H12N4O2S/c15-9(16)7-5-14-10(12-7)17-8(13-14)6-1-3-11-4-2-6/h5-6,11H,1-4H2,(H,15,16). The Morgan fingerprint density at radius 1 is 1.53 bits per heavy atom. The molecule has 3 rings (SSSR count). The van der Waals surface area contributed by atoms with Gasteiger partial charge in [0.1, 0.15) is 5.01 Å². The number of hydrogen-bond acceptors (Lipinski definition) is 5. The summed E-state index contributed by atoms with van der Waals surface area (Å²) in [7, 11) is 0. The molecule has 1 saturated heterocycles. The van der Waals surface area contributed by atoms with Crippen molar-refractivity contribution in [1.82, 2.24) is 19.9 Å². The molecular weight excluding hydrogens is 240 g/mol. The minimum Gasteiger partial charge on any atom is -0.476 e. The molecule has 0 aliphatic carbocycles. The van der Waals surface area contributed by atoms with Gasteiger partial charge in [0.15, 0.2) is 5.69 Å². The molecule has 1 aliphatic heterocycles. The van der Waals surface area contributed by atoms with Crippen molar-refractivity contribution in [3.05, 3.63) is 16.9 Å². The highest BCUT2D eigenvalue weighted by Gasteiger charge is 2.20. The molecule has 0 bridgehead atoms. The van der Waals surface area contributed by atoms with E-state index in [9.17, 15) is 4.79 Å². The first-order valence-electron chi connectivity index (χ1n) is 5.54. The van der Waals surface area contributed by atoms with Crippen molar-refractivity contribution >= 4 is 22.3 Å². The molecule has 0 saturated carbocycles. The molecule has 90 valence electrons. The molecule has 2 aromatic heterocycles. The van der Waals surface area contributed by atoms with Crippen LogP contribution < -0.4 is 5.32 Å². The molecule has 1 fully saturated rings. The number of piperidine rings is 1. The minimum atomic E-state index is -1.01. The highest BCUT2D eigenvalue weighted by molar-refractivity contribution is 7.16. The fourth-order valence-corrected chi connectivity index (χ4v) is 3.10. The second-order valence-corrected chi connectivity index (χ2v) is 5.11. The summed E-state index contributed by atoms with van der Waals surface area (Å²) in [5.41, 5.74) is 0.0561. The first-order valence-corrected chi connectivity index (χ1v) is 6.36. The van der Waals surface area contributed by atoms with E-state index in [-0.39, 0.29) is 5.69 Å². The van der Waals surface area contributed by atoms with Gasteiger partial charge in [-0.25, -0.2) is 14.3 Å². The monoisotopic (exact) mass is 252 g/mol. The Morgan fingerprint density at radius 2 is 2.29 bits per heavy atom. The summed E-state index contributed by atoms with van der Waals surface area (Å²) >= 11 is 1.49. The van der Waals surface area contributed by atoms with E-state index in [1.165, 1.54) is 17.5 Å². The number of aromatic nitrogens is 3. The normalized spacial score (nSPS) is 17.6. The van der Waals surface area contributed by atoms with Gasteiger partial charge in [-0.3, -0.25) is 0 Å². The zero-order chi connectivity index (χ0) is 11.8. The van der Waals surface area contributed by atoms with E-state index in [2.05, 4.69) is 15.4 Å². The molecule has 7 heteroatoms. The van der Waals surface area contributed by atoms with E-state index in [0.29, 0.717) is 10.9 Å². The van der Waals surface area contributed by atoms with Crippen LogP contribution in [0.5, 0.6) is 0 Å².